The molecule has 1 fully saturated rings. The number of nitrogens with one attached hydrogen (secondary N) is 2. The maximum atomic E-state index is 12.3. The summed E-state index contributed by atoms with van der Waals surface area (Å²) >= 11 is 0. The van der Waals surface area contributed by atoms with Gasteiger partial charge in [0.25, 0.3) is 0 Å². The Labute approximate surface area is 142 Å². The molecule has 0 aliphatic carbocycles. The molecular weight excluding hydrogens is 314 g/mol. The molecule has 1 aliphatic heterocycles. The van der Waals surface area contributed by atoms with Crippen molar-refractivity contribution in [2.75, 3.05) is 13.1 Å². The van der Waals surface area contributed by atoms with Gasteiger partial charge in [-0.25, -0.2) is 0 Å². The largest absolute Gasteiger partial charge is 0.435 e. The maximum absolute atomic E-state index is 12.3. The molecule has 1 amide bonds. The van der Waals surface area contributed by atoms with Gasteiger partial charge in [-0.3, -0.25) is 4.79 Å². The first-order valence-corrected chi connectivity index (χ1v) is 8.50. The average molecular weight is 340 g/mol. The second-order valence-electron chi connectivity index (χ2n) is 6.51. The van der Waals surface area contributed by atoms with E-state index >= 15 is 0 Å². The first-order valence-electron chi connectivity index (χ1n) is 8.50. The van der Waals surface area contributed by atoms with E-state index in [1.807, 2.05) is 6.92 Å². The highest BCUT2D eigenvalue weighted by molar-refractivity contribution is 5.76. The number of amides is 1. The Balaban J connectivity index is 1.86. The standard InChI is InChI=1S/C18H26F2N2O2/c1-12(14-6-8-21-9-7-14)10-17(23)22-13(2)15-4-3-5-16(11-15)24-18(19)20/h3-5,11-14,18,21H,6-10H2,1-2H3,(H,22,23). The Morgan fingerprint density at radius 3 is 2.71 bits per heavy atom. The van der Waals surface area contributed by atoms with E-state index in [9.17, 15) is 13.6 Å². The number of benzene rings is 1. The molecule has 2 N–H and O–H groups in total. The van der Waals surface area contributed by atoms with Crippen LogP contribution < -0.4 is 15.4 Å². The van der Waals surface area contributed by atoms with Crippen LogP contribution in [0.3, 0.4) is 0 Å². The SMILES string of the molecule is CC(NC(=O)CC(C)C1CCNCC1)c1cccc(OC(F)F)c1. The van der Waals surface area contributed by atoms with E-state index in [1.165, 1.54) is 12.1 Å². The highest BCUT2D eigenvalue weighted by Gasteiger charge is 2.22. The molecular formula is C18H26F2N2O2. The lowest BCUT2D eigenvalue weighted by Crippen LogP contribution is -2.34. The Hall–Kier alpha value is -1.69. The summed E-state index contributed by atoms with van der Waals surface area (Å²) < 4.78 is 29.0. The third-order valence-corrected chi connectivity index (χ3v) is 4.66. The van der Waals surface area contributed by atoms with Crippen LogP contribution in [0.25, 0.3) is 0 Å². The third-order valence-electron chi connectivity index (χ3n) is 4.66. The van der Waals surface area contributed by atoms with Crippen LogP contribution in [-0.4, -0.2) is 25.6 Å². The summed E-state index contributed by atoms with van der Waals surface area (Å²) in [4.78, 5) is 12.3. The van der Waals surface area contributed by atoms with Crippen molar-refractivity contribution in [3.63, 3.8) is 0 Å². The molecule has 24 heavy (non-hydrogen) atoms. The molecule has 1 heterocycles. The number of rotatable bonds is 7. The Bertz CT molecular complexity index is 534. The van der Waals surface area contributed by atoms with Crippen LogP contribution in [-0.2, 0) is 4.79 Å². The highest BCUT2D eigenvalue weighted by atomic mass is 19.3. The van der Waals surface area contributed by atoms with Crippen LogP contribution in [0.1, 0.15) is 44.7 Å². The van der Waals surface area contributed by atoms with Crippen LogP contribution in [0.5, 0.6) is 5.75 Å². The van der Waals surface area contributed by atoms with E-state index in [0.717, 1.165) is 31.5 Å². The topological polar surface area (TPSA) is 50.4 Å². The second kappa shape index (κ2) is 8.97. The molecule has 6 heteroatoms. The number of ether oxygens (including phenoxy) is 1. The average Bonchev–Trinajstić information content (AvgIpc) is 2.55. The van der Waals surface area contributed by atoms with Crippen molar-refractivity contribution in [3.05, 3.63) is 29.8 Å². The van der Waals surface area contributed by atoms with E-state index in [0.29, 0.717) is 18.3 Å². The predicted molar refractivity (Wildman–Crippen MR) is 89.0 cm³/mol. The fourth-order valence-corrected chi connectivity index (χ4v) is 3.22. The summed E-state index contributed by atoms with van der Waals surface area (Å²) in [5.74, 6) is 1.02. The van der Waals surface area contributed by atoms with Gasteiger partial charge in [-0.2, -0.15) is 8.78 Å². The normalized spacial score (nSPS) is 18.2. The van der Waals surface area contributed by atoms with Crippen LogP contribution in [0.4, 0.5) is 8.78 Å². The number of piperidine rings is 1. The molecule has 134 valence electrons. The van der Waals surface area contributed by atoms with Crippen molar-refractivity contribution in [1.82, 2.24) is 10.6 Å². The van der Waals surface area contributed by atoms with Gasteiger partial charge in [-0.15, -0.1) is 0 Å². The Morgan fingerprint density at radius 1 is 1.33 bits per heavy atom. The van der Waals surface area contributed by atoms with Crippen molar-refractivity contribution in [2.45, 2.75) is 45.8 Å². The first kappa shape index (κ1) is 18.6. The second-order valence-corrected chi connectivity index (χ2v) is 6.51. The maximum Gasteiger partial charge on any atom is 0.387 e. The quantitative estimate of drug-likeness (QED) is 0.799. The molecule has 1 saturated heterocycles. The van der Waals surface area contributed by atoms with Crippen LogP contribution in [0.2, 0.25) is 0 Å². The predicted octanol–water partition coefficient (Wildman–Crippen LogP) is 3.49. The smallest absolute Gasteiger partial charge is 0.387 e. The van der Waals surface area contributed by atoms with Gasteiger partial charge in [0.15, 0.2) is 0 Å². The molecule has 1 aromatic rings. The van der Waals surface area contributed by atoms with Crippen molar-refractivity contribution < 1.29 is 18.3 Å². The van der Waals surface area contributed by atoms with Crippen molar-refractivity contribution >= 4 is 5.91 Å². The molecule has 0 radical (unpaired) electrons. The van der Waals surface area contributed by atoms with Gasteiger partial charge in [0.05, 0.1) is 6.04 Å². The number of hydrogen-bond acceptors (Lipinski definition) is 3. The molecule has 0 aromatic heterocycles. The number of carbonyl (C=O) groups excluding carboxylic acids is 1. The van der Waals surface area contributed by atoms with Gasteiger partial charge >= 0.3 is 6.61 Å². The zero-order valence-electron chi connectivity index (χ0n) is 14.2. The Kier molecular flexibility index (Phi) is 6.97. The van der Waals surface area contributed by atoms with Gasteiger partial charge in [0.1, 0.15) is 5.75 Å². The minimum atomic E-state index is -2.85. The van der Waals surface area contributed by atoms with Gasteiger partial charge in [0.2, 0.25) is 5.91 Å². The minimum absolute atomic E-state index is 0.00582. The lowest BCUT2D eigenvalue weighted by molar-refractivity contribution is -0.123. The number of halogens is 2. The molecule has 4 nitrogen and oxygen atoms in total. The highest BCUT2D eigenvalue weighted by Crippen LogP contribution is 2.25. The summed E-state index contributed by atoms with van der Waals surface area (Å²) in [5.41, 5.74) is 0.746. The number of carbonyl (C=O) groups is 1. The fourth-order valence-electron chi connectivity index (χ4n) is 3.22. The monoisotopic (exact) mass is 340 g/mol. The van der Waals surface area contributed by atoms with E-state index in [-0.39, 0.29) is 17.7 Å². The summed E-state index contributed by atoms with van der Waals surface area (Å²) in [6.07, 6.45) is 2.70. The van der Waals surface area contributed by atoms with E-state index in [2.05, 4.69) is 22.3 Å². The summed E-state index contributed by atoms with van der Waals surface area (Å²) in [7, 11) is 0. The molecule has 0 saturated carbocycles. The number of hydrogen-bond donors (Lipinski definition) is 2. The summed E-state index contributed by atoms with van der Waals surface area (Å²) in [6, 6.07) is 6.20. The molecule has 0 spiro atoms. The Morgan fingerprint density at radius 2 is 2.04 bits per heavy atom. The van der Waals surface area contributed by atoms with Crippen molar-refractivity contribution in [3.8, 4) is 5.75 Å². The van der Waals surface area contributed by atoms with Crippen molar-refractivity contribution in [1.29, 1.82) is 0 Å². The lowest BCUT2D eigenvalue weighted by Gasteiger charge is -2.28. The van der Waals surface area contributed by atoms with Gasteiger partial charge in [0, 0.05) is 6.42 Å². The number of alkyl halides is 2. The molecule has 0 bridgehead atoms. The van der Waals surface area contributed by atoms with Crippen LogP contribution >= 0.6 is 0 Å². The van der Waals surface area contributed by atoms with Crippen LogP contribution in [0.15, 0.2) is 24.3 Å². The van der Waals surface area contributed by atoms with Crippen molar-refractivity contribution in [2.24, 2.45) is 11.8 Å². The van der Waals surface area contributed by atoms with Gasteiger partial charge in [-0.05, 0) is 62.4 Å². The third kappa shape index (κ3) is 5.74. The van der Waals surface area contributed by atoms with Crippen LogP contribution in [0, 0.1) is 11.8 Å². The minimum Gasteiger partial charge on any atom is -0.435 e. The van der Waals surface area contributed by atoms with Gasteiger partial charge < -0.3 is 15.4 Å². The van der Waals surface area contributed by atoms with Gasteiger partial charge in [-0.1, -0.05) is 19.1 Å². The first-order chi connectivity index (χ1) is 11.5. The lowest BCUT2D eigenvalue weighted by atomic mass is 9.84. The van der Waals surface area contributed by atoms with E-state index in [4.69, 9.17) is 0 Å². The summed E-state index contributed by atoms with van der Waals surface area (Å²) in [6.45, 7) is 3.15. The summed E-state index contributed by atoms with van der Waals surface area (Å²) in [5, 5.41) is 6.28. The zero-order valence-corrected chi connectivity index (χ0v) is 14.2. The van der Waals surface area contributed by atoms with E-state index in [1.54, 1.807) is 12.1 Å². The zero-order chi connectivity index (χ0) is 17.5. The molecule has 2 unspecified atom stereocenters. The molecule has 2 rings (SSSR count). The molecule has 2 atom stereocenters. The van der Waals surface area contributed by atoms with E-state index < -0.39 is 6.61 Å². The molecule has 1 aliphatic rings. The molecule has 1 aromatic carbocycles. The fraction of sp³-hybridized carbons (Fsp3) is 0.611.